The van der Waals surface area contributed by atoms with E-state index in [1.54, 1.807) is 0 Å². The van der Waals surface area contributed by atoms with E-state index in [2.05, 4.69) is 11.2 Å². The number of carbonyl (C=O) groups is 2. The number of hydrogen-bond donors (Lipinski definition) is 1. The van der Waals surface area contributed by atoms with Gasteiger partial charge in [0.25, 0.3) is 0 Å². The van der Waals surface area contributed by atoms with Crippen molar-refractivity contribution in [3.05, 3.63) is 52.6 Å². The molecule has 39 heavy (non-hydrogen) atoms. The van der Waals surface area contributed by atoms with Gasteiger partial charge in [-0.1, -0.05) is 30.6 Å². The fraction of sp³-hybridized carbons (Fsp3) is 0.548. The molecular formula is C31H33F4NO3. The van der Waals surface area contributed by atoms with Gasteiger partial charge in [-0.2, -0.15) is 13.2 Å². The molecule has 1 aromatic carbocycles. The zero-order valence-corrected chi connectivity index (χ0v) is 22.4. The highest BCUT2D eigenvalue weighted by Gasteiger charge is 2.66. The third-order valence-corrected chi connectivity index (χ3v) is 9.72. The van der Waals surface area contributed by atoms with E-state index in [0.717, 1.165) is 22.4 Å². The topological polar surface area (TPSA) is 55.4 Å². The lowest BCUT2D eigenvalue weighted by molar-refractivity contribution is -0.137. The van der Waals surface area contributed by atoms with Gasteiger partial charge in [-0.3, -0.25) is 9.59 Å². The molecule has 0 bridgehead atoms. The van der Waals surface area contributed by atoms with Gasteiger partial charge < -0.3 is 10.1 Å². The van der Waals surface area contributed by atoms with Crippen molar-refractivity contribution in [2.24, 2.45) is 22.7 Å². The molecule has 2 saturated carbocycles. The monoisotopic (exact) mass is 543 g/mol. The van der Waals surface area contributed by atoms with E-state index in [0.29, 0.717) is 31.3 Å². The van der Waals surface area contributed by atoms with Gasteiger partial charge in [0, 0.05) is 38.1 Å². The van der Waals surface area contributed by atoms with Gasteiger partial charge in [0.2, 0.25) is 0 Å². The van der Waals surface area contributed by atoms with E-state index < -0.39 is 29.0 Å². The molecule has 5 rings (SSSR count). The zero-order valence-electron chi connectivity index (χ0n) is 22.4. The number of fused-ring (bicyclic) bond motifs is 4. The van der Waals surface area contributed by atoms with Crippen molar-refractivity contribution < 1.29 is 31.9 Å². The molecule has 0 amide bonds. The van der Waals surface area contributed by atoms with Crippen molar-refractivity contribution in [2.45, 2.75) is 63.7 Å². The number of anilines is 1. The highest BCUT2D eigenvalue weighted by atomic mass is 19.4. The molecule has 4 aliphatic carbocycles. The number of carbonyl (C=O) groups excluding carboxylic acids is 2. The van der Waals surface area contributed by atoms with E-state index in [9.17, 15) is 22.8 Å². The van der Waals surface area contributed by atoms with Crippen molar-refractivity contribution in [1.82, 2.24) is 0 Å². The highest BCUT2D eigenvalue weighted by Crippen LogP contribution is 2.70. The van der Waals surface area contributed by atoms with Crippen molar-refractivity contribution in [1.29, 1.82) is 0 Å². The van der Waals surface area contributed by atoms with Crippen molar-refractivity contribution in [3.8, 4) is 11.8 Å². The molecule has 0 spiro atoms. The molecule has 0 aromatic heterocycles. The quantitative estimate of drug-likeness (QED) is 0.348. The second-order valence-electron chi connectivity index (χ2n) is 11.5. The molecule has 0 saturated heterocycles. The minimum Gasteiger partial charge on any atom is -0.388 e. The van der Waals surface area contributed by atoms with E-state index in [1.165, 1.54) is 19.1 Å². The molecule has 208 valence electrons. The number of benzene rings is 1. The molecule has 4 aliphatic rings. The van der Waals surface area contributed by atoms with Gasteiger partial charge in [0.1, 0.15) is 12.8 Å². The molecular weight excluding hydrogens is 510 g/mol. The van der Waals surface area contributed by atoms with E-state index in [4.69, 9.17) is 4.74 Å². The number of halogens is 4. The summed E-state index contributed by atoms with van der Waals surface area (Å²) in [5.74, 6) is 2.59. The summed E-state index contributed by atoms with van der Waals surface area (Å²) in [6.07, 6.45) is -2.71. The summed E-state index contributed by atoms with van der Waals surface area (Å²) in [7, 11) is 3.16. The van der Waals surface area contributed by atoms with Crippen LogP contribution < -0.4 is 5.32 Å². The van der Waals surface area contributed by atoms with Crippen molar-refractivity contribution >= 4 is 17.3 Å². The van der Waals surface area contributed by atoms with Gasteiger partial charge in [-0.15, -0.1) is 0 Å². The number of Topliss-reactive ketones (excluding diaryl/α,β-unsaturated/α-hetero) is 1. The number of nitrogens with one attached hydrogen (secondary N) is 1. The van der Waals surface area contributed by atoms with Crippen LogP contribution in [-0.4, -0.2) is 44.7 Å². The van der Waals surface area contributed by atoms with E-state index in [-0.39, 0.29) is 43.0 Å². The Kier molecular flexibility index (Phi) is 7.03. The van der Waals surface area contributed by atoms with Crippen LogP contribution in [0.4, 0.5) is 23.2 Å². The fourth-order valence-electron chi connectivity index (χ4n) is 8.01. The summed E-state index contributed by atoms with van der Waals surface area (Å²) in [6, 6.07) is 7.85. The van der Waals surface area contributed by atoms with Gasteiger partial charge in [-0.05, 0) is 84.3 Å². The molecule has 0 aliphatic heterocycles. The lowest BCUT2D eigenvalue weighted by Gasteiger charge is -2.55. The summed E-state index contributed by atoms with van der Waals surface area (Å²) in [4.78, 5) is 25.8. The molecule has 0 heterocycles. The summed E-state index contributed by atoms with van der Waals surface area (Å²) < 4.78 is 61.1. The molecule has 1 aromatic rings. The van der Waals surface area contributed by atoms with Gasteiger partial charge in [-0.25, -0.2) is 4.39 Å². The Morgan fingerprint density at radius 1 is 1.21 bits per heavy atom. The number of hydrogen-bond acceptors (Lipinski definition) is 4. The Morgan fingerprint density at radius 3 is 2.56 bits per heavy atom. The number of ether oxygens (including phenoxy) is 1. The first-order valence-electron chi connectivity index (χ1n) is 13.5. The van der Waals surface area contributed by atoms with Crippen LogP contribution in [0.25, 0.3) is 0 Å². The van der Waals surface area contributed by atoms with Crippen molar-refractivity contribution in [2.75, 3.05) is 26.1 Å². The van der Waals surface area contributed by atoms with Crippen LogP contribution in [0.3, 0.4) is 0 Å². The fourth-order valence-corrected chi connectivity index (χ4v) is 8.01. The Labute approximate surface area is 226 Å². The number of allylic oxidation sites excluding steroid dienone is 4. The predicted molar refractivity (Wildman–Crippen MR) is 140 cm³/mol. The van der Waals surface area contributed by atoms with Crippen LogP contribution in [-0.2, 0) is 14.3 Å². The zero-order chi connectivity index (χ0) is 28.2. The first kappa shape index (κ1) is 27.6. The van der Waals surface area contributed by atoms with Crippen LogP contribution in [0, 0.1) is 34.5 Å². The Bertz CT molecular complexity index is 1300. The second kappa shape index (κ2) is 9.92. The number of alkyl halides is 4. The first-order valence-corrected chi connectivity index (χ1v) is 13.5. The van der Waals surface area contributed by atoms with Gasteiger partial charge in [0.05, 0.1) is 5.41 Å². The lowest BCUT2D eigenvalue weighted by atomic mass is 9.48. The Hall–Kier alpha value is -2.92. The Morgan fingerprint density at radius 2 is 1.92 bits per heavy atom. The predicted octanol–water partition coefficient (Wildman–Crippen LogP) is 6.34. The second-order valence-corrected chi connectivity index (χ2v) is 11.5. The lowest BCUT2D eigenvalue weighted by Crippen LogP contribution is -2.52. The summed E-state index contributed by atoms with van der Waals surface area (Å²) in [5, 5.41) is 3.10. The molecule has 6 atom stereocenters. The van der Waals surface area contributed by atoms with Crippen LogP contribution in [0.5, 0.6) is 0 Å². The van der Waals surface area contributed by atoms with E-state index >= 15 is 4.39 Å². The van der Waals surface area contributed by atoms with Crippen LogP contribution in [0.15, 0.2) is 47.1 Å². The maximum absolute atomic E-state index is 15.7. The standard InChI is InChI=1S/C31H33F4NO3/c1-29-16-24(18-4-6-19(36-2)7-5-18)28-21-9-8-20(37)14-22(21)26(32)15-23(28)25(29)10-11-30(29,27(38)17-39-3)12-13-31(33,34)35/h4-7,14,23-26,36H,8-11,15-17H2,1-3H3/t23-,24?,25-,26?,29-,30-/m0/s1. The van der Waals surface area contributed by atoms with Gasteiger partial charge >= 0.3 is 6.18 Å². The summed E-state index contributed by atoms with van der Waals surface area (Å²) in [5.41, 5.74) is 1.78. The SMILES string of the molecule is CNc1ccc(C2C[C@@]3(C)[C@@H](CC[C@]3(C#CC(F)(F)F)C(=O)COC)[C@@H]3CC(F)C4=CC(=O)CCC4=C23)cc1. The Balaban J connectivity index is 1.72. The maximum Gasteiger partial charge on any atom is 0.457 e. The summed E-state index contributed by atoms with van der Waals surface area (Å²) >= 11 is 0. The normalized spacial score (nSPS) is 33.8. The van der Waals surface area contributed by atoms with Crippen molar-refractivity contribution in [3.63, 3.8) is 0 Å². The third-order valence-electron chi connectivity index (χ3n) is 9.72. The van der Waals surface area contributed by atoms with Gasteiger partial charge in [0.15, 0.2) is 11.6 Å². The molecule has 4 nitrogen and oxygen atoms in total. The highest BCUT2D eigenvalue weighted by molar-refractivity contribution is 5.93. The minimum absolute atomic E-state index is 0.0847. The average molecular weight is 544 g/mol. The largest absolute Gasteiger partial charge is 0.457 e. The first-order chi connectivity index (χ1) is 18.4. The van der Waals surface area contributed by atoms with Crippen LogP contribution >= 0.6 is 0 Å². The smallest absolute Gasteiger partial charge is 0.388 e. The van der Waals surface area contributed by atoms with Crippen LogP contribution in [0.1, 0.15) is 56.9 Å². The average Bonchev–Trinajstić information content (AvgIpc) is 3.20. The van der Waals surface area contributed by atoms with E-state index in [1.807, 2.05) is 38.2 Å². The van der Waals surface area contributed by atoms with Crippen LogP contribution in [0.2, 0.25) is 0 Å². The molecule has 2 fully saturated rings. The summed E-state index contributed by atoms with van der Waals surface area (Å²) in [6.45, 7) is 1.54. The maximum atomic E-state index is 15.7. The number of methoxy groups -OCH3 is 1. The molecule has 8 heteroatoms. The molecule has 2 unspecified atom stereocenters. The minimum atomic E-state index is -4.75. The third kappa shape index (κ3) is 4.53. The number of ketones is 2. The molecule has 1 N–H and O–H groups in total. The molecule has 0 radical (unpaired) electrons. The number of rotatable bonds is 5.